The number of carbonyl (C=O) groups is 2. The van der Waals surface area contributed by atoms with E-state index >= 15 is 0 Å². The zero-order valence-corrected chi connectivity index (χ0v) is 11.7. The molecule has 0 spiro atoms. The van der Waals surface area contributed by atoms with Crippen LogP contribution < -0.4 is 5.32 Å². The highest BCUT2D eigenvalue weighted by atomic mass is 32.1. The van der Waals surface area contributed by atoms with E-state index in [1.165, 1.54) is 12.1 Å². The number of aryl methyl sites for hydroxylation is 2. The molecule has 0 atom stereocenters. The average molecular weight is 291 g/mol. The third kappa shape index (κ3) is 2.80. The smallest absolute Gasteiger partial charge is 0.346 e. The van der Waals surface area contributed by atoms with Gasteiger partial charge in [-0.15, -0.1) is 11.3 Å². The number of rotatable bonds is 3. The van der Waals surface area contributed by atoms with Crippen molar-refractivity contribution in [2.75, 3.05) is 5.32 Å². The Morgan fingerprint density at radius 1 is 1.20 bits per heavy atom. The second-order valence-electron chi connectivity index (χ2n) is 4.40. The molecule has 0 aliphatic rings. The minimum Gasteiger partial charge on any atom is -0.507 e. The van der Waals surface area contributed by atoms with Crippen molar-refractivity contribution in [3.05, 3.63) is 45.8 Å². The summed E-state index contributed by atoms with van der Waals surface area (Å²) in [7, 11) is 0. The molecule has 0 bridgehead atoms. The van der Waals surface area contributed by atoms with Crippen molar-refractivity contribution in [3.63, 3.8) is 0 Å². The Labute approximate surface area is 119 Å². The van der Waals surface area contributed by atoms with Crippen molar-refractivity contribution in [1.82, 2.24) is 0 Å². The van der Waals surface area contributed by atoms with Gasteiger partial charge in [-0.25, -0.2) is 4.79 Å². The summed E-state index contributed by atoms with van der Waals surface area (Å²) in [4.78, 5) is 23.2. The number of nitrogens with one attached hydrogen (secondary N) is 1. The number of aromatic hydroxyl groups is 1. The van der Waals surface area contributed by atoms with Crippen molar-refractivity contribution < 1.29 is 19.8 Å². The maximum Gasteiger partial charge on any atom is 0.346 e. The average Bonchev–Trinajstić information content (AvgIpc) is 2.70. The van der Waals surface area contributed by atoms with Crippen LogP contribution in [0, 0.1) is 13.8 Å². The summed E-state index contributed by atoms with van der Waals surface area (Å²) in [6.45, 7) is 3.47. The molecule has 5 nitrogen and oxygen atoms in total. The number of hydrogen-bond acceptors (Lipinski definition) is 4. The number of carboxylic acids is 1. The van der Waals surface area contributed by atoms with E-state index in [0.29, 0.717) is 10.6 Å². The number of amides is 1. The van der Waals surface area contributed by atoms with Gasteiger partial charge in [-0.3, -0.25) is 4.79 Å². The lowest BCUT2D eigenvalue weighted by molar-refractivity contribution is 0.0701. The molecule has 0 aliphatic heterocycles. The second kappa shape index (κ2) is 5.34. The quantitative estimate of drug-likeness (QED) is 0.811. The van der Waals surface area contributed by atoms with Gasteiger partial charge < -0.3 is 15.5 Å². The molecule has 2 aromatic rings. The number of phenolic OH excluding ortho intramolecular Hbond substituents is 1. The van der Waals surface area contributed by atoms with E-state index in [0.717, 1.165) is 16.9 Å². The number of thiophene rings is 1. The van der Waals surface area contributed by atoms with E-state index in [9.17, 15) is 14.7 Å². The number of anilines is 1. The summed E-state index contributed by atoms with van der Waals surface area (Å²) in [5.41, 5.74) is 1.59. The first-order valence-corrected chi connectivity index (χ1v) is 6.65. The Morgan fingerprint density at radius 2 is 1.90 bits per heavy atom. The summed E-state index contributed by atoms with van der Waals surface area (Å²) in [6.07, 6.45) is 0. The fourth-order valence-electron chi connectivity index (χ4n) is 1.77. The lowest BCUT2D eigenvalue weighted by atomic mass is 10.1. The molecule has 2 rings (SSSR count). The molecule has 0 unspecified atom stereocenters. The first-order chi connectivity index (χ1) is 9.38. The van der Waals surface area contributed by atoms with Gasteiger partial charge in [-0.05, 0) is 43.2 Å². The molecule has 20 heavy (non-hydrogen) atoms. The van der Waals surface area contributed by atoms with Gasteiger partial charge in [0.25, 0.3) is 5.91 Å². The highest BCUT2D eigenvalue weighted by Crippen LogP contribution is 2.28. The van der Waals surface area contributed by atoms with Crippen molar-refractivity contribution in [2.24, 2.45) is 0 Å². The van der Waals surface area contributed by atoms with E-state index in [-0.39, 0.29) is 16.2 Å². The highest BCUT2D eigenvalue weighted by Gasteiger charge is 2.16. The predicted molar refractivity (Wildman–Crippen MR) is 76.8 cm³/mol. The van der Waals surface area contributed by atoms with Gasteiger partial charge in [0.2, 0.25) is 0 Å². The maximum absolute atomic E-state index is 12.0. The molecule has 1 aromatic carbocycles. The minimum atomic E-state index is -1.02. The summed E-state index contributed by atoms with van der Waals surface area (Å²) in [6, 6.07) is 6.34. The molecule has 6 heteroatoms. The SMILES string of the molecule is Cc1ccc(C(=O)Nc2cc(C)c(C(=O)O)s2)c(O)c1. The fraction of sp³-hybridized carbons (Fsp3) is 0.143. The summed E-state index contributed by atoms with van der Waals surface area (Å²) in [5, 5.41) is 21.7. The van der Waals surface area contributed by atoms with Crippen molar-refractivity contribution in [1.29, 1.82) is 0 Å². The van der Waals surface area contributed by atoms with E-state index in [1.54, 1.807) is 19.1 Å². The van der Waals surface area contributed by atoms with Gasteiger partial charge in [0.1, 0.15) is 10.6 Å². The summed E-state index contributed by atoms with van der Waals surface area (Å²) in [5.74, 6) is -1.60. The molecule has 0 saturated heterocycles. The Morgan fingerprint density at radius 3 is 2.45 bits per heavy atom. The van der Waals surface area contributed by atoms with Crippen LogP contribution in [0.4, 0.5) is 5.00 Å². The first-order valence-electron chi connectivity index (χ1n) is 5.83. The number of phenols is 1. The Hall–Kier alpha value is -2.34. The van der Waals surface area contributed by atoms with Crippen LogP contribution in [-0.4, -0.2) is 22.1 Å². The molecular formula is C14H13NO4S. The third-order valence-electron chi connectivity index (χ3n) is 2.75. The largest absolute Gasteiger partial charge is 0.507 e. The molecule has 104 valence electrons. The molecular weight excluding hydrogens is 278 g/mol. The van der Waals surface area contributed by atoms with Crippen LogP contribution in [0.2, 0.25) is 0 Å². The minimum absolute atomic E-state index is 0.103. The second-order valence-corrected chi connectivity index (χ2v) is 5.45. The zero-order chi connectivity index (χ0) is 14.9. The van der Waals surface area contributed by atoms with Crippen molar-refractivity contribution in [2.45, 2.75) is 13.8 Å². The molecule has 1 aromatic heterocycles. The van der Waals surface area contributed by atoms with E-state index < -0.39 is 11.9 Å². The monoisotopic (exact) mass is 291 g/mol. The summed E-state index contributed by atoms with van der Waals surface area (Å²) >= 11 is 0.986. The van der Waals surface area contributed by atoms with Crippen LogP contribution >= 0.6 is 11.3 Å². The molecule has 0 fully saturated rings. The van der Waals surface area contributed by atoms with Gasteiger partial charge in [-0.2, -0.15) is 0 Å². The van der Waals surface area contributed by atoms with Crippen LogP contribution in [0.3, 0.4) is 0 Å². The molecule has 3 N–H and O–H groups in total. The van der Waals surface area contributed by atoms with Crippen LogP contribution in [0.15, 0.2) is 24.3 Å². The van der Waals surface area contributed by atoms with Gasteiger partial charge in [0.05, 0.1) is 10.6 Å². The Kier molecular flexibility index (Phi) is 3.76. The first kappa shape index (κ1) is 14.1. The molecule has 0 radical (unpaired) electrons. The van der Waals surface area contributed by atoms with Gasteiger partial charge in [0, 0.05) is 0 Å². The van der Waals surface area contributed by atoms with E-state index in [4.69, 9.17) is 5.11 Å². The predicted octanol–water partition coefficient (Wildman–Crippen LogP) is 3.02. The topological polar surface area (TPSA) is 86.6 Å². The number of carbonyl (C=O) groups excluding carboxylic acids is 1. The summed E-state index contributed by atoms with van der Waals surface area (Å²) < 4.78 is 0. The number of benzene rings is 1. The molecule has 0 aliphatic carbocycles. The van der Waals surface area contributed by atoms with Crippen LogP contribution in [-0.2, 0) is 0 Å². The number of aromatic carboxylic acids is 1. The number of hydrogen-bond donors (Lipinski definition) is 3. The molecule has 1 heterocycles. The highest BCUT2D eigenvalue weighted by molar-refractivity contribution is 7.18. The van der Waals surface area contributed by atoms with E-state index in [2.05, 4.69) is 5.32 Å². The zero-order valence-electron chi connectivity index (χ0n) is 10.9. The molecule has 1 amide bonds. The van der Waals surface area contributed by atoms with Crippen molar-refractivity contribution in [3.8, 4) is 5.75 Å². The maximum atomic E-state index is 12.0. The Balaban J connectivity index is 2.23. The van der Waals surface area contributed by atoms with Crippen LogP contribution in [0.25, 0.3) is 0 Å². The van der Waals surface area contributed by atoms with Gasteiger partial charge in [0.15, 0.2) is 0 Å². The standard InChI is InChI=1S/C14H13NO4S/c1-7-3-4-9(10(16)5-7)13(17)15-11-6-8(2)12(20-11)14(18)19/h3-6,16H,1-2H3,(H,15,17)(H,18,19). The Bertz CT molecular complexity index is 690. The van der Waals surface area contributed by atoms with Crippen molar-refractivity contribution >= 4 is 28.2 Å². The van der Waals surface area contributed by atoms with Gasteiger partial charge in [-0.1, -0.05) is 6.07 Å². The van der Waals surface area contributed by atoms with Crippen LogP contribution in [0.1, 0.15) is 31.2 Å². The third-order valence-corrected chi connectivity index (χ3v) is 3.89. The number of carboxylic acid groups (broad SMARTS) is 1. The van der Waals surface area contributed by atoms with E-state index in [1.807, 2.05) is 6.92 Å². The fourth-order valence-corrected chi connectivity index (χ4v) is 2.68. The van der Waals surface area contributed by atoms with Crippen LogP contribution in [0.5, 0.6) is 5.75 Å². The van der Waals surface area contributed by atoms with Gasteiger partial charge >= 0.3 is 5.97 Å². The lowest BCUT2D eigenvalue weighted by Crippen LogP contribution is -2.11. The lowest BCUT2D eigenvalue weighted by Gasteiger charge is -2.05. The molecule has 0 saturated carbocycles. The normalized spacial score (nSPS) is 10.3.